The summed E-state index contributed by atoms with van der Waals surface area (Å²) in [6.45, 7) is 1.80. The number of thiazole rings is 1. The smallest absolute Gasteiger partial charge is 0.401 e. The standard InChI is InChI=1S/C20H22F3N5O2S/c1-12-17(31-11-24-12)9-30-14-3-4-16-15(7-14)18(27(2)26-16)19(29)25-13-5-6-28(8-13)10-20(21,22)23/h3-4,7,11,13H,5-6,8-10H2,1-2H3,(H,25,29). The molecule has 2 aromatic heterocycles. The van der Waals surface area contributed by atoms with Gasteiger partial charge in [-0.15, -0.1) is 11.3 Å². The molecule has 4 rings (SSSR count). The molecule has 1 saturated heterocycles. The number of aromatic nitrogens is 3. The van der Waals surface area contributed by atoms with E-state index in [2.05, 4.69) is 15.4 Å². The van der Waals surface area contributed by atoms with Crippen LogP contribution in [0.1, 0.15) is 27.5 Å². The van der Waals surface area contributed by atoms with E-state index in [1.807, 2.05) is 6.92 Å². The maximum atomic E-state index is 12.9. The van der Waals surface area contributed by atoms with Crippen molar-refractivity contribution in [3.05, 3.63) is 40.0 Å². The van der Waals surface area contributed by atoms with Crippen LogP contribution in [0.15, 0.2) is 23.7 Å². The number of fused-ring (bicyclic) bond motifs is 1. The molecule has 1 atom stereocenters. The predicted molar refractivity (Wildman–Crippen MR) is 110 cm³/mol. The van der Waals surface area contributed by atoms with Gasteiger partial charge < -0.3 is 10.1 Å². The third kappa shape index (κ3) is 4.99. The molecule has 1 aliphatic rings. The Kier molecular flexibility index (Phi) is 5.89. The van der Waals surface area contributed by atoms with Crippen molar-refractivity contribution in [3.8, 4) is 5.75 Å². The molecule has 3 aromatic rings. The average molecular weight is 453 g/mol. The summed E-state index contributed by atoms with van der Waals surface area (Å²) < 4.78 is 45.2. The SMILES string of the molecule is Cc1ncsc1COc1ccc2nn(C)c(C(=O)NC3CCN(CC(F)(F)F)C3)c2c1. The fraction of sp³-hybridized carbons (Fsp3) is 0.450. The number of hydrogen-bond acceptors (Lipinski definition) is 6. The van der Waals surface area contributed by atoms with Gasteiger partial charge in [0.1, 0.15) is 18.1 Å². The number of benzene rings is 1. The monoisotopic (exact) mass is 453 g/mol. The molecule has 166 valence electrons. The average Bonchev–Trinajstić information content (AvgIpc) is 3.36. The number of rotatable bonds is 6. The third-order valence-corrected chi connectivity index (χ3v) is 6.15. The summed E-state index contributed by atoms with van der Waals surface area (Å²) in [6.07, 6.45) is -3.77. The lowest BCUT2D eigenvalue weighted by Crippen LogP contribution is -2.39. The van der Waals surface area contributed by atoms with Crippen molar-refractivity contribution >= 4 is 28.1 Å². The highest BCUT2D eigenvalue weighted by atomic mass is 32.1. The lowest BCUT2D eigenvalue weighted by atomic mass is 10.1. The highest BCUT2D eigenvalue weighted by Gasteiger charge is 2.35. The lowest BCUT2D eigenvalue weighted by Gasteiger charge is -2.18. The van der Waals surface area contributed by atoms with Gasteiger partial charge in [0.15, 0.2) is 0 Å². The minimum atomic E-state index is -4.24. The number of amides is 1. The maximum absolute atomic E-state index is 12.9. The van der Waals surface area contributed by atoms with E-state index >= 15 is 0 Å². The van der Waals surface area contributed by atoms with Gasteiger partial charge in [-0.1, -0.05) is 0 Å². The minimum Gasteiger partial charge on any atom is -0.488 e. The highest BCUT2D eigenvalue weighted by Crippen LogP contribution is 2.26. The first-order chi connectivity index (χ1) is 14.7. The number of aryl methyl sites for hydroxylation is 2. The molecule has 0 spiro atoms. The van der Waals surface area contributed by atoms with E-state index in [-0.39, 0.29) is 18.5 Å². The van der Waals surface area contributed by atoms with Gasteiger partial charge in [0.05, 0.1) is 28.1 Å². The van der Waals surface area contributed by atoms with Gasteiger partial charge in [-0.05, 0) is 31.5 Å². The fourth-order valence-corrected chi connectivity index (χ4v) is 4.44. The van der Waals surface area contributed by atoms with Crippen LogP contribution in [0.2, 0.25) is 0 Å². The lowest BCUT2D eigenvalue weighted by molar-refractivity contribution is -0.143. The van der Waals surface area contributed by atoms with E-state index in [4.69, 9.17) is 4.74 Å². The van der Waals surface area contributed by atoms with E-state index in [0.717, 1.165) is 10.6 Å². The van der Waals surface area contributed by atoms with E-state index < -0.39 is 12.7 Å². The van der Waals surface area contributed by atoms with Crippen LogP contribution in [0.25, 0.3) is 10.9 Å². The van der Waals surface area contributed by atoms with Crippen LogP contribution >= 0.6 is 11.3 Å². The van der Waals surface area contributed by atoms with Crippen LogP contribution in [0.4, 0.5) is 13.2 Å². The summed E-state index contributed by atoms with van der Waals surface area (Å²) in [7, 11) is 1.67. The van der Waals surface area contributed by atoms with Crippen molar-refractivity contribution in [1.82, 2.24) is 25.0 Å². The number of alkyl halides is 3. The Morgan fingerprint density at radius 3 is 2.90 bits per heavy atom. The Balaban J connectivity index is 1.47. The van der Waals surface area contributed by atoms with Crippen LogP contribution < -0.4 is 10.1 Å². The van der Waals surface area contributed by atoms with Crippen molar-refractivity contribution < 1.29 is 22.7 Å². The number of nitrogens with one attached hydrogen (secondary N) is 1. The van der Waals surface area contributed by atoms with Crippen LogP contribution in [-0.4, -0.2) is 57.4 Å². The second-order valence-electron chi connectivity index (χ2n) is 7.61. The first kappa shape index (κ1) is 21.6. The summed E-state index contributed by atoms with van der Waals surface area (Å²) in [4.78, 5) is 19.5. The first-order valence-electron chi connectivity index (χ1n) is 9.78. The van der Waals surface area contributed by atoms with Gasteiger partial charge in [0, 0.05) is 31.6 Å². The molecule has 1 N–H and O–H groups in total. The predicted octanol–water partition coefficient (Wildman–Crippen LogP) is 3.28. The molecule has 1 amide bonds. The highest BCUT2D eigenvalue weighted by molar-refractivity contribution is 7.09. The molecule has 0 bridgehead atoms. The number of carbonyl (C=O) groups excluding carboxylic acids is 1. The largest absolute Gasteiger partial charge is 0.488 e. The van der Waals surface area contributed by atoms with Gasteiger partial charge in [-0.3, -0.25) is 14.4 Å². The summed E-state index contributed by atoms with van der Waals surface area (Å²) in [6, 6.07) is 4.99. The van der Waals surface area contributed by atoms with Gasteiger partial charge in [0.2, 0.25) is 0 Å². The number of hydrogen-bond donors (Lipinski definition) is 1. The maximum Gasteiger partial charge on any atom is 0.401 e. The van der Waals surface area contributed by atoms with Crippen LogP contribution in [0.5, 0.6) is 5.75 Å². The molecule has 31 heavy (non-hydrogen) atoms. The molecule has 3 heterocycles. The summed E-state index contributed by atoms with van der Waals surface area (Å²) >= 11 is 1.51. The Morgan fingerprint density at radius 1 is 1.39 bits per heavy atom. The van der Waals surface area contributed by atoms with Gasteiger partial charge >= 0.3 is 6.18 Å². The summed E-state index contributed by atoms with van der Waals surface area (Å²) in [5.41, 5.74) is 3.67. The molecule has 1 unspecified atom stereocenters. The van der Waals surface area contributed by atoms with Crippen LogP contribution in [0, 0.1) is 6.92 Å². The van der Waals surface area contributed by atoms with Crippen molar-refractivity contribution in [3.63, 3.8) is 0 Å². The first-order valence-corrected chi connectivity index (χ1v) is 10.7. The molecular weight excluding hydrogens is 431 g/mol. The number of nitrogens with zero attached hydrogens (tertiary/aromatic N) is 4. The number of halogens is 3. The van der Waals surface area contributed by atoms with E-state index in [9.17, 15) is 18.0 Å². The zero-order chi connectivity index (χ0) is 22.2. The molecule has 0 aliphatic carbocycles. The molecule has 11 heteroatoms. The second kappa shape index (κ2) is 8.46. The summed E-state index contributed by atoms with van der Waals surface area (Å²) in [5, 5.41) is 7.85. The zero-order valence-electron chi connectivity index (χ0n) is 17.1. The van der Waals surface area contributed by atoms with Gasteiger partial charge in [-0.25, -0.2) is 4.98 Å². The quantitative estimate of drug-likeness (QED) is 0.620. The van der Waals surface area contributed by atoms with Gasteiger partial charge in [0.25, 0.3) is 5.91 Å². The molecule has 1 aromatic carbocycles. The Hall–Kier alpha value is -2.66. The molecular formula is C20H22F3N5O2S. The Morgan fingerprint density at radius 2 is 2.19 bits per heavy atom. The number of ether oxygens (including phenoxy) is 1. The van der Waals surface area contributed by atoms with Crippen LogP contribution in [-0.2, 0) is 13.7 Å². The molecule has 1 aliphatic heterocycles. The normalized spacial score (nSPS) is 17.4. The number of likely N-dealkylation sites (tertiary alicyclic amines) is 1. The van der Waals surface area contributed by atoms with Crippen molar-refractivity contribution in [2.45, 2.75) is 32.2 Å². The van der Waals surface area contributed by atoms with Crippen molar-refractivity contribution in [2.24, 2.45) is 7.05 Å². The topological polar surface area (TPSA) is 72.3 Å². The van der Waals surface area contributed by atoms with E-state index in [0.29, 0.717) is 41.9 Å². The molecule has 0 saturated carbocycles. The van der Waals surface area contributed by atoms with Crippen molar-refractivity contribution in [1.29, 1.82) is 0 Å². The Bertz CT molecular complexity index is 1090. The summed E-state index contributed by atoms with van der Waals surface area (Å²) in [5.74, 6) is 0.235. The van der Waals surface area contributed by atoms with E-state index in [1.54, 1.807) is 30.8 Å². The Labute approximate surface area is 180 Å². The zero-order valence-corrected chi connectivity index (χ0v) is 17.9. The minimum absolute atomic E-state index is 0.170. The third-order valence-electron chi connectivity index (χ3n) is 5.24. The van der Waals surface area contributed by atoms with Crippen LogP contribution in [0.3, 0.4) is 0 Å². The van der Waals surface area contributed by atoms with E-state index in [1.165, 1.54) is 20.9 Å². The molecule has 1 fully saturated rings. The number of carbonyl (C=O) groups is 1. The fourth-order valence-electron chi connectivity index (χ4n) is 3.75. The van der Waals surface area contributed by atoms with Crippen molar-refractivity contribution in [2.75, 3.05) is 19.6 Å². The molecule has 7 nitrogen and oxygen atoms in total. The van der Waals surface area contributed by atoms with Gasteiger partial charge in [-0.2, -0.15) is 18.3 Å². The molecule has 0 radical (unpaired) electrons. The second-order valence-corrected chi connectivity index (χ2v) is 8.55.